The van der Waals surface area contributed by atoms with E-state index >= 15 is 0 Å². The predicted octanol–water partition coefficient (Wildman–Crippen LogP) is 4.17. The van der Waals surface area contributed by atoms with Crippen LogP contribution in [0.25, 0.3) is 0 Å². The molecule has 0 aromatic rings. The van der Waals surface area contributed by atoms with Gasteiger partial charge >= 0.3 is 90.2 Å². The minimum atomic E-state index is 0.578. The monoisotopic (exact) mass is 268 g/mol. The molecular formula is C12H18Pd. The zero-order valence-corrected chi connectivity index (χ0v) is 9.58. The van der Waals surface area contributed by atoms with Crippen LogP contribution in [0.1, 0.15) is 12.8 Å². The zero-order chi connectivity index (χ0) is 10.1. The molecule has 0 bridgehead atoms. The van der Waals surface area contributed by atoms with Crippen molar-refractivity contribution in [1.82, 2.24) is 0 Å². The summed E-state index contributed by atoms with van der Waals surface area (Å²) in [4.78, 5) is 0. The first-order valence-electron chi connectivity index (χ1n) is 4.30. The fourth-order valence-electron chi connectivity index (χ4n) is 0.836. The molecule has 0 aromatic heterocycles. The van der Waals surface area contributed by atoms with E-state index in [1.807, 2.05) is 24.3 Å². The van der Waals surface area contributed by atoms with Gasteiger partial charge in [0.05, 0.1) is 0 Å². The second kappa shape index (κ2) is 8.23. The van der Waals surface area contributed by atoms with Gasteiger partial charge in [-0.25, -0.2) is 0 Å². The maximum absolute atomic E-state index is 3.83. The van der Waals surface area contributed by atoms with Crippen LogP contribution >= 0.6 is 0 Å². The van der Waals surface area contributed by atoms with E-state index in [2.05, 4.69) is 26.3 Å². The second-order valence-electron chi connectivity index (χ2n) is 2.57. The van der Waals surface area contributed by atoms with E-state index in [1.54, 1.807) is 0 Å². The van der Waals surface area contributed by atoms with Gasteiger partial charge in [0, 0.05) is 0 Å². The summed E-state index contributed by atoms with van der Waals surface area (Å²) in [5.74, 6) is 0. The van der Waals surface area contributed by atoms with Gasteiger partial charge in [-0.1, -0.05) is 0 Å². The predicted molar refractivity (Wildman–Crippen MR) is 57.5 cm³/mol. The van der Waals surface area contributed by atoms with Crippen molar-refractivity contribution in [3.63, 3.8) is 0 Å². The third kappa shape index (κ3) is 5.80. The molecular weight excluding hydrogens is 251 g/mol. The van der Waals surface area contributed by atoms with E-state index in [1.165, 1.54) is 0 Å². The molecule has 0 amide bonds. The average molecular weight is 269 g/mol. The molecule has 76 valence electrons. The molecule has 2 atom stereocenters. The van der Waals surface area contributed by atoms with Gasteiger partial charge in [-0.2, -0.15) is 0 Å². The van der Waals surface area contributed by atoms with E-state index in [4.69, 9.17) is 0 Å². The molecule has 2 unspecified atom stereocenters. The van der Waals surface area contributed by atoms with Crippen molar-refractivity contribution in [1.29, 1.82) is 0 Å². The summed E-state index contributed by atoms with van der Waals surface area (Å²) < 4.78 is 1.16. The van der Waals surface area contributed by atoms with E-state index in [0.29, 0.717) is 26.8 Å². The van der Waals surface area contributed by atoms with Crippen molar-refractivity contribution < 1.29 is 18.0 Å². The summed E-state index contributed by atoms with van der Waals surface area (Å²) in [5, 5.41) is 0. The number of hydrogen-bond donors (Lipinski definition) is 0. The quantitative estimate of drug-likeness (QED) is 0.458. The summed E-state index contributed by atoms with van der Waals surface area (Å²) in [6.45, 7) is 15.1. The van der Waals surface area contributed by atoms with Gasteiger partial charge in [0.15, 0.2) is 0 Å². The zero-order valence-electron chi connectivity index (χ0n) is 8.02. The van der Waals surface area contributed by atoms with Crippen LogP contribution in [0.15, 0.2) is 50.6 Å². The molecule has 0 N–H and O–H groups in total. The Bertz CT molecular complexity index is 162. The van der Waals surface area contributed by atoms with Crippen LogP contribution in [0.4, 0.5) is 0 Å². The van der Waals surface area contributed by atoms with Crippen LogP contribution in [0.3, 0.4) is 0 Å². The molecule has 1 heteroatoms. The van der Waals surface area contributed by atoms with Crippen LogP contribution in [0.5, 0.6) is 0 Å². The molecule has 0 aliphatic rings. The van der Waals surface area contributed by atoms with Crippen molar-refractivity contribution in [2.24, 2.45) is 0 Å². The topological polar surface area (TPSA) is 0 Å². The Labute approximate surface area is 90.3 Å². The molecule has 0 fully saturated rings. The molecule has 0 aromatic carbocycles. The Balaban J connectivity index is 4.00. The van der Waals surface area contributed by atoms with Crippen LogP contribution < -0.4 is 0 Å². The van der Waals surface area contributed by atoms with Gasteiger partial charge in [0.2, 0.25) is 0 Å². The molecule has 0 aliphatic heterocycles. The van der Waals surface area contributed by atoms with Crippen molar-refractivity contribution in [3.05, 3.63) is 50.6 Å². The van der Waals surface area contributed by atoms with Gasteiger partial charge in [-0.3, -0.25) is 0 Å². The molecule has 0 heterocycles. The van der Waals surface area contributed by atoms with Crippen molar-refractivity contribution >= 4 is 0 Å². The summed E-state index contributed by atoms with van der Waals surface area (Å²) in [5.41, 5.74) is 0. The summed E-state index contributed by atoms with van der Waals surface area (Å²) in [6, 6.07) is 0. The Morgan fingerprint density at radius 3 is 1.46 bits per heavy atom. The third-order valence-corrected chi connectivity index (χ3v) is 4.30. The fourth-order valence-corrected chi connectivity index (χ4v) is 3.06. The number of hydrogen-bond acceptors (Lipinski definition) is 0. The van der Waals surface area contributed by atoms with Gasteiger partial charge in [-0.15, -0.1) is 0 Å². The van der Waals surface area contributed by atoms with Gasteiger partial charge in [-0.05, 0) is 0 Å². The Morgan fingerprint density at radius 1 is 0.846 bits per heavy atom. The van der Waals surface area contributed by atoms with E-state index in [0.717, 1.165) is 12.8 Å². The minimum absolute atomic E-state index is 0.578. The average Bonchev–Trinajstić information content (AvgIpc) is 2.16. The van der Waals surface area contributed by atoms with Gasteiger partial charge in [0.1, 0.15) is 0 Å². The Hall–Kier alpha value is -0.378. The fraction of sp³-hybridized carbons (Fsp3) is 0.333. The van der Waals surface area contributed by atoms with E-state index < -0.39 is 0 Å². The van der Waals surface area contributed by atoms with Crippen LogP contribution in [0.2, 0.25) is 8.78 Å². The normalized spacial score (nSPS) is 14.5. The SMILES string of the molecule is C=CC[CH](C=C)[Pd][CH](C=C)CC=C. The van der Waals surface area contributed by atoms with Crippen molar-refractivity contribution in [2.45, 2.75) is 21.6 Å². The standard InChI is InChI=1S/2C6H9.Pd/c2*1-3-5-6-4-2;/h2*3-5H,1-2,6H2;. The van der Waals surface area contributed by atoms with E-state index in [9.17, 15) is 0 Å². The first kappa shape index (κ1) is 12.6. The summed E-state index contributed by atoms with van der Waals surface area (Å²) in [6.07, 6.45) is 10.0. The van der Waals surface area contributed by atoms with Crippen molar-refractivity contribution in [3.8, 4) is 0 Å². The molecule has 0 radical (unpaired) electrons. The molecule has 0 saturated carbocycles. The number of allylic oxidation sites excluding steroid dienone is 4. The van der Waals surface area contributed by atoms with Crippen LogP contribution in [-0.2, 0) is 18.0 Å². The van der Waals surface area contributed by atoms with Crippen molar-refractivity contribution in [2.75, 3.05) is 0 Å². The molecule has 0 nitrogen and oxygen atoms in total. The number of rotatable bonds is 8. The second-order valence-corrected chi connectivity index (χ2v) is 5.39. The van der Waals surface area contributed by atoms with Gasteiger partial charge in [0.25, 0.3) is 0 Å². The first-order valence-corrected chi connectivity index (χ1v) is 6.09. The Morgan fingerprint density at radius 2 is 1.23 bits per heavy atom. The molecule has 0 saturated heterocycles. The summed E-state index contributed by atoms with van der Waals surface area (Å²) in [7, 11) is 0. The molecule has 13 heavy (non-hydrogen) atoms. The molecule has 0 rings (SSSR count). The summed E-state index contributed by atoms with van der Waals surface area (Å²) >= 11 is 0.647. The van der Waals surface area contributed by atoms with Crippen LogP contribution in [-0.4, -0.2) is 0 Å². The first-order chi connectivity index (χ1) is 6.28. The molecule has 0 aliphatic carbocycles. The van der Waals surface area contributed by atoms with Crippen LogP contribution in [0, 0.1) is 0 Å². The maximum atomic E-state index is 3.83. The third-order valence-electron chi connectivity index (χ3n) is 1.51. The Kier molecular flexibility index (Phi) is 7.99. The molecule has 0 spiro atoms. The van der Waals surface area contributed by atoms with E-state index in [-0.39, 0.29) is 0 Å². The van der Waals surface area contributed by atoms with Gasteiger partial charge < -0.3 is 0 Å².